The number of carbonyl (C=O) groups is 1. The molecule has 3 heterocycles. The molecule has 0 fully saturated rings. The first kappa shape index (κ1) is 27.6. The lowest BCUT2D eigenvalue weighted by Gasteiger charge is -2.15. The minimum Gasteiger partial charge on any atom is -0.493 e. The second kappa shape index (κ2) is 12.4. The molecule has 0 unspecified atom stereocenters. The summed E-state index contributed by atoms with van der Waals surface area (Å²) in [5, 5.41) is 7.04. The van der Waals surface area contributed by atoms with Crippen LogP contribution in [0.3, 0.4) is 0 Å². The van der Waals surface area contributed by atoms with Crippen molar-refractivity contribution in [3.63, 3.8) is 0 Å². The quantitative estimate of drug-likeness (QED) is 0.208. The molecule has 0 aliphatic rings. The number of aliphatic imine (C=N–C) groups is 1. The predicted octanol–water partition coefficient (Wildman–Crippen LogP) is 4.08. The van der Waals surface area contributed by atoms with Crippen molar-refractivity contribution in [2.45, 2.75) is 13.8 Å². The Morgan fingerprint density at radius 1 is 1.15 bits per heavy atom. The highest BCUT2D eigenvalue weighted by atomic mass is 16.5. The van der Waals surface area contributed by atoms with E-state index in [4.69, 9.17) is 24.7 Å². The Morgan fingerprint density at radius 2 is 1.93 bits per heavy atom. The number of carbonyl (C=O) groups excluding carboxylic acids is 1. The second-order valence-electron chi connectivity index (χ2n) is 7.98. The van der Waals surface area contributed by atoms with E-state index in [1.165, 1.54) is 29.6 Å². The van der Waals surface area contributed by atoms with Crippen LogP contribution in [0.1, 0.15) is 29.9 Å². The van der Waals surface area contributed by atoms with Crippen LogP contribution in [0.15, 0.2) is 60.3 Å². The van der Waals surface area contributed by atoms with Gasteiger partial charge in [-0.15, -0.1) is 0 Å². The molecule has 3 N–H and O–H groups in total. The molecular weight excluding hydrogens is 516 g/mol. The van der Waals surface area contributed by atoms with Crippen molar-refractivity contribution in [3.8, 4) is 28.7 Å². The number of allylic oxidation sites excluding steroid dienone is 1. The van der Waals surface area contributed by atoms with Crippen molar-refractivity contribution >= 4 is 35.7 Å². The Bertz CT molecular complexity index is 1550. The summed E-state index contributed by atoms with van der Waals surface area (Å²) in [5.74, 6) is 2.17. The van der Waals surface area contributed by atoms with E-state index in [1.54, 1.807) is 51.5 Å². The number of benzene rings is 1. The third-order valence-corrected chi connectivity index (χ3v) is 5.57. The van der Waals surface area contributed by atoms with Crippen LogP contribution < -0.4 is 30.0 Å². The van der Waals surface area contributed by atoms with Crippen molar-refractivity contribution in [1.29, 1.82) is 0 Å². The topological polar surface area (TPSA) is 161 Å². The summed E-state index contributed by atoms with van der Waals surface area (Å²) in [6.07, 6.45) is 7.60. The van der Waals surface area contributed by atoms with Gasteiger partial charge in [0.25, 0.3) is 5.91 Å². The molecule has 0 radical (unpaired) electrons. The Hall–Kier alpha value is -5.46. The molecule has 0 saturated heterocycles. The number of nitrogens with one attached hydrogen (secondary N) is 1. The van der Waals surface area contributed by atoms with Crippen molar-refractivity contribution in [3.05, 3.63) is 66.5 Å². The molecule has 0 aliphatic heterocycles. The number of hydrogen-bond acceptors (Lipinski definition) is 11. The molecule has 40 heavy (non-hydrogen) atoms. The fourth-order valence-electron chi connectivity index (χ4n) is 3.69. The monoisotopic (exact) mass is 544 g/mol. The molecular formula is C27H28N8O5. The SMILES string of the molecule is C=Nc1cc(OC)c(OC)cc1/C(=C\C)Oc1ccc(NC(=O)c2nn(-c3cncnc3N)cc2OCC)nc1. The van der Waals surface area contributed by atoms with E-state index in [-0.39, 0.29) is 23.1 Å². The van der Waals surface area contributed by atoms with Crippen molar-refractivity contribution < 1.29 is 23.7 Å². The van der Waals surface area contributed by atoms with E-state index < -0.39 is 5.91 Å². The maximum absolute atomic E-state index is 13.1. The third-order valence-electron chi connectivity index (χ3n) is 5.57. The first-order valence-corrected chi connectivity index (χ1v) is 12.0. The summed E-state index contributed by atoms with van der Waals surface area (Å²) < 4.78 is 23.8. The summed E-state index contributed by atoms with van der Waals surface area (Å²) in [4.78, 5) is 29.4. The standard InChI is InChI=1S/C27H28N8O5/c1-6-20(17-10-21(37-4)22(38-5)11-18(17)29-3)40-16-8-9-24(31-12-16)33-27(36)25-23(39-7-2)14-35(34-25)19-13-30-15-32-26(19)28/h6,8-15H,3,7H2,1-2,4-5H3,(H2,28,30,32)(H,31,33,36)/b20-6+. The van der Waals surface area contributed by atoms with Gasteiger partial charge in [0.05, 0.1) is 45.1 Å². The van der Waals surface area contributed by atoms with E-state index in [9.17, 15) is 4.79 Å². The normalized spacial score (nSPS) is 11.1. The highest BCUT2D eigenvalue weighted by molar-refractivity contribution is 6.04. The van der Waals surface area contributed by atoms with Gasteiger partial charge in [0.1, 0.15) is 29.3 Å². The fourth-order valence-corrected chi connectivity index (χ4v) is 3.69. The molecule has 1 aromatic carbocycles. The molecule has 0 saturated carbocycles. The highest BCUT2D eigenvalue weighted by Gasteiger charge is 2.21. The van der Waals surface area contributed by atoms with E-state index >= 15 is 0 Å². The van der Waals surface area contributed by atoms with Gasteiger partial charge in [0.15, 0.2) is 28.8 Å². The average Bonchev–Trinajstić information content (AvgIpc) is 3.40. The number of nitrogens with zero attached hydrogens (tertiary/aromatic N) is 6. The maximum atomic E-state index is 13.1. The zero-order valence-corrected chi connectivity index (χ0v) is 22.4. The smallest absolute Gasteiger partial charge is 0.281 e. The van der Waals surface area contributed by atoms with Gasteiger partial charge >= 0.3 is 0 Å². The number of methoxy groups -OCH3 is 2. The van der Waals surface area contributed by atoms with Crippen molar-refractivity contribution in [2.24, 2.45) is 4.99 Å². The van der Waals surface area contributed by atoms with Crippen LogP contribution in [0.25, 0.3) is 11.4 Å². The number of hydrogen-bond donors (Lipinski definition) is 2. The number of nitrogen functional groups attached to an aromatic ring is 1. The Balaban J connectivity index is 1.53. The van der Waals surface area contributed by atoms with E-state index in [1.807, 2.05) is 6.92 Å². The lowest BCUT2D eigenvalue weighted by atomic mass is 10.1. The average molecular weight is 545 g/mol. The van der Waals surface area contributed by atoms with Crippen LogP contribution >= 0.6 is 0 Å². The maximum Gasteiger partial charge on any atom is 0.281 e. The zero-order chi connectivity index (χ0) is 28.6. The number of ether oxygens (including phenoxy) is 4. The van der Waals surface area contributed by atoms with E-state index in [2.05, 4.69) is 37.1 Å². The van der Waals surface area contributed by atoms with Gasteiger partial charge in [-0.3, -0.25) is 9.79 Å². The predicted molar refractivity (Wildman–Crippen MR) is 150 cm³/mol. The van der Waals surface area contributed by atoms with Gasteiger partial charge in [0.2, 0.25) is 0 Å². The molecule has 3 aromatic heterocycles. The highest BCUT2D eigenvalue weighted by Crippen LogP contribution is 2.38. The van der Waals surface area contributed by atoms with Gasteiger partial charge < -0.3 is 30.0 Å². The molecule has 0 bridgehead atoms. The molecule has 4 aromatic rings. The summed E-state index contributed by atoms with van der Waals surface area (Å²) in [6.45, 7) is 7.59. The molecule has 206 valence electrons. The van der Waals surface area contributed by atoms with E-state index in [0.717, 1.165) is 0 Å². The number of nitrogens with two attached hydrogens (primary N) is 1. The Kier molecular flexibility index (Phi) is 8.54. The van der Waals surface area contributed by atoms with Crippen LogP contribution in [0.4, 0.5) is 17.3 Å². The summed E-state index contributed by atoms with van der Waals surface area (Å²) in [5.41, 5.74) is 7.58. The number of pyridine rings is 1. The fraction of sp³-hybridized carbons (Fsp3) is 0.185. The summed E-state index contributed by atoms with van der Waals surface area (Å²) in [7, 11) is 3.09. The van der Waals surface area contributed by atoms with Gasteiger partial charge in [0, 0.05) is 11.6 Å². The van der Waals surface area contributed by atoms with Gasteiger partial charge in [-0.2, -0.15) is 5.10 Å². The first-order chi connectivity index (χ1) is 19.4. The van der Waals surface area contributed by atoms with Crippen LogP contribution in [-0.2, 0) is 0 Å². The molecule has 13 nitrogen and oxygen atoms in total. The Labute approximate surface area is 230 Å². The van der Waals surface area contributed by atoms with Crippen LogP contribution in [0.5, 0.6) is 23.0 Å². The zero-order valence-electron chi connectivity index (χ0n) is 22.4. The van der Waals surface area contributed by atoms with Crippen molar-refractivity contribution in [2.75, 3.05) is 31.9 Å². The molecule has 4 rings (SSSR count). The minimum absolute atomic E-state index is 0.0429. The Morgan fingerprint density at radius 3 is 2.55 bits per heavy atom. The first-order valence-electron chi connectivity index (χ1n) is 12.0. The molecule has 1 amide bonds. The van der Waals surface area contributed by atoms with Gasteiger partial charge in [-0.05, 0) is 44.8 Å². The largest absolute Gasteiger partial charge is 0.493 e. The molecule has 13 heteroatoms. The lowest BCUT2D eigenvalue weighted by Crippen LogP contribution is -2.15. The summed E-state index contributed by atoms with van der Waals surface area (Å²) in [6, 6.07) is 6.73. The van der Waals surface area contributed by atoms with Crippen LogP contribution in [0.2, 0.25) is 0 Å². The number of amides is 1. The lowest BCUT2D eigenvalue weighted by molar-refractivity contribution is 0.101. The molecule has 0 aliphatic carbocycles. The van der Waals surface area contributed by atoms with Gasteiger partial charge in [-0.25, -0.2) is 19.6 Å². The minimum atomic E-state index is -0.528. The number of rotatable bonds is 11. The van der Waals surface area contributed by atoms with Crippen LogP contribution in [0, 0.1) is 0 Å². The van der Waals surface area contributed by atoms with E-state index in [0.29, 0.717) is 46.6 Å². The summed E-state index contributed by atoms with van der Waals surface area (Å²) >= 11 is 0. The molecule has 0 spiro atoms. The van der Waals surface area contributed by atoms with Crippen LogP contribution in [-0.4, -0.2) is 58.2 Å². The number of aromatic nitrogens is 5. The number of anilines is 2. The van der Waals surface area contributed by atoms with Gasteiger partial charge in [-0.1, -0.05) is 0 Å². The second-order valence-corrected chi connectivity index (χ2v) is 7.98. The third kappa shape index (κ3) is 5.83. The van der Waals surface area contributed by atoms with Crippen molar-refractivity contribution in [1.82, 2.24) is 24.7 Å². The molecule has 0 atom stereocenters.